The molecule has 10 nitrogen and oxygen atoms in total. The maximum absolute atomic E-state index is 15.5. The van der Waals surface area contributed by atoms with Crippen LogP contribution >= 0.6 is 0 Å². The van der Waals surface area contributed by atoms with Crippen molar-refractivity contribution in [1.29, 1.82) is 0 Å². The SMILES string of the molecule is CCc1ccc2ccccc2c1Cc1c(CC(Cc2cc[nH]c2)C(O)C2C=CC(O)C(Cc3ccc(O)c(OC)c3)(c3cc(O)cc(CNC)c3)C2=O)ccc(O)c1OC. The normalized spacial score (nSPS) is 18.7. The van der Waals surface area contributed by atoms with Gasteiger partial charge in [0.15, 0.2) is 28.8 Å². The number of aryl methyl sites for hydroxylation is 1. The number of fused-ring (bicyclic) bond motifs is 1. The zero-order chi connectivity index (χ0) is 42.6. The lowest BCUT2D eigenvalue weighted by molar-refractivity contribution is -0.136. The number of aliphatic hydroxyl groups excluding tert-OH is 2. The molecular weight excluding hydrogens is 757 g/mol. The fraction of sp³-hybridized carbons (Fsp3) is 0.300. The largest absolute Gasteiger partial charge is 0.508 e. The van der Waals surface area contributed by atoms with E-state index in [0.29, 0.717) is 48.2 Å². The lowest BCUT2D eigenvalue weighted by Crippen LogP contribution is -2.55. The van der Waals surface area contributed by atoms with Gasteiger partial charge < -0.3 is 45.3 Å². The molecule has 7 N–H and O–H groups in total. The maximum Gasteiger partial charge on any atom is 0.164 e. The molecule has 0 amide bonds. The minimum Gasteiger partial charge on any atom is -0.508 e. The molecule has 0 saturated heterocycles. The highest BCUT2D eigenvalue weighted by molar-refractivity contribution is 5.96. The molecule has 0 saturated carbocycles. The number of aromatic hydroxyl groups is 3. The molecule has 5 unspecified atom stereocenters. The predicted octanol–water partition coefficient (Wildman–Crippen LogP) is 7.23. The Balaban J connectivity index is 1.33. The van der Waals surface area contributed by atoms with E-state index in [0.717, 1.165) is 39.4 Å². The highest BCUT2D eigenvalue weighted by atomic mass is 16.5. The Kier molecular flexibility index (Phi) is 12.7. The third-order valence-electron chi connectivity index (χ3n) is 12.3. The molecule has 5 atom stereocenters. The number of rotatable bonds is 16. The van der Waals surface area contributed by atoms with Crippen molar-refractivity contribution < 1.29 is 39.8 Å². The predicted molar refractivity (Wildman–Crippen MR) is 233 cm³/mol. The van der Waals surface area contributed by atoms with Crippen LogP contribution in [-0.4, -0.2) is 69.8 Å². The first-order valence-corrected chi connectivity index (χ1v) is 20.4. The van der Waals surface area contributed by atoms with E-state index < -0.39 is 35.2 Å². The number of phenols is 3. The number of aromatic nitrogens is 1. The average Bonchev–Trinajstić information content (AvgIpc) is 3.77. The van der Waals surface area contributed by atoms with Gasteiger partial charge in [0.1, 0.15) is 5.75 Å². The van der Waals surface area contributed by atoms with Gasteiger partial charge in [0.05, 0.1) is 37.8 Å². The molecule has 6 aromatic rings. The Labute approximate surface area is 350 Å². The molecule has 0 aliphatic heterocycles. The first kappa shape index (κ1) is 42.1. The van der Waals surface area contributed by atoms with Crippen LogP contribution in [0.4, 0.5) is 0 Å². The minimum atomic E-state index is -1.65. The van der Waals surface area contributed by atoms with E-state index in [1.54, 1.807) is 50.6 Å². The number of aliphatic hydroxyl groups is 2. The molecule has 1 aromatic heterocycles. The van der Waals surface area contributed by atoms with Gasteiger partial charge in [0.25, 0.3) is 0 Å². The molecule has 312 valence electrons. The quantitative estimate of drug-likeness (QED) is 0.0500. The van der Waals surface area contributed by atoms with Crippen LogP contribution in [0.15, 0.2) is 116 Å². The smallest absolute Gasteiger partial charge is 0.164 e. The number of methoxy groups -OCH3 is 2. The third kappa shape index (κ3) is 8.23. The number of carbonyl (C=O) groups is 1. The Morgan fingerprint density at radius 1 is 0.817 bits per heavy atom. The van der Waals surface area contributed by atoms with Crippen LogP contribution in [0.2, 0.25) is 0 Å². The Morgan fingerprint density at radius 2 is 1.60 bits per heavy atom. The van der Waals surface area contributed by atoms with E-state index in [-0.39, 0.29) is 29.4 Å². The number of nitrogens with one attached hydrogen (secondary N) is 2. The van der Waals surface area contributed by atoms with Crippen LogP contribution in [0.3, 0.4) is 0 Å². The molecule has 0 bridgehead atoms. The van der Waals surface area contributed by atoms with Gasteiger partial charge in [-0.2, -0.15) is 0 Å². The van der Waals surface area contributed by atoms with Crippen molar-refractivity contribution in [3.05, 3.63) is 160 Å². The second-order valence-electron chi connectivity index (χ2n) is 15.9. The van der Waals surface area contributed by atoms with Gasteiger partial charge in [0, 0.05) is 30.9 Å². The number of benzene rings is 5. The molecule has 1 aliphatic carbocycles. The number of carbonyl (C=O) groups excluding carboxylic acids is 1. The molecule has 10 heteroatoms. The standard InChI is InChI=1S/C50H54N2O8/c1-5-33-11-12-34-8-6-7-9-39(34)41(33)26-42-35(13-16-44(55)48(42)60-4)24-36(20-31-18-19-52-29-31)47(57)40-14-17-46(56)50(49(40)58,27-30-10-15-43(54)45(23-30)59-3)37-21-32(28-51-2)22-38(53)25-37/h6-19,21-23,25,29,36,40,46-47,51-57H,5,20,24,26-28H2,1-4H3. The van der Waals surface area contributed by atoms with Gasteiger partial charge in [-0.1, -0.05) is 73.7 Å². The summed E-state index contributed by atoms with van der Waals surface area (Å²) in [5.41, 5.74) is 4.95. The molecule has 0 radical (unpaired) electrons. The molecule has 1 aliphatic rings. The van der Waals surface area contributed by atoms with E-state index in [9.17, 15) is 25.5 Å². The fourth-order valence-electron chi connectivity index (χ4n) is 9.23. The number of phenolic OH excluding ortho intramolecular Hbond substituents is 3. The zero-order valence-electron chi connectivity index (χ0n) is 34.5. The first-order valence-electron chi connectivity index (χ1n) is 20.4. The summed E-state index contributed by atoms with van der Waals surface area (Å²) in [6.07, 6.45) is 6.29. The topological polar surface area (TPSA) is 164 Å². The van der Waals surface area contributed by atoms with Crippen molar-refractivity contribution in [2.75, 3.05) is 21.3 Å². The van der Waals surface area contributed by atoms with Crippen molar-refractivity contribution in [2.45, 2.75) is 63.2 Å². The molecular formula is C50H54N2O8. The fourth-order valence-corrected chi connectivity index (χ4v) is 9.23. The van der Waals surface area contributed by atoms with E-state index >= 15 is 4.79 Å². The van der Waals surface area contributed by atoms with Gasteiger partial charge in [-0.25, -0.2) is 0 Å². The summed E-state index contributed by atoms with van der Waals surface area (Å²) in [4.78, 5) is 18.6. The van der Waals surface area contributed by atoms with Gasteiger partial charge in [0.2, 0.25) is 0 Å². The lowest BCUT2D eigenvalue weighted by Gasteiger charge is -2.43. The second-order valence-corrected chi connectivity index (χ2v) is 15.9. The first-order chi connectivity index (χ1) is 29.0. The molecule has 0 fully saturated rings. The van der Waals surface area contributed by atoms with E-state index in [1.165, 1.54) is 24.8 Å². The Hall–Kier alpha value is -6.07. The highest BCUT2D eigenvalue weighted by Gasteiger charge is 2.52. The summed E-state index contributed by atoms with van der Waals surface area (Å²) in [7, 11) is 4.76. The molecule has 60 heavy (non-hydrogen) atoms. The van der Waals surface area contributed by atoms with Crippen molar-refractivity contribution in [3.8, 4) is 28.7 Å². The number of ether oxygens (including phenoxy) is 2. The van der Waals surface area contributed by atoms with E-state index in [2.05, 4.69) is 41.5 Å². The van der Waals surface area contributed by atoms with Crippen molar-refractivity contribution in [2.24, 2.45) is 11.8 Å². The zero-order valence-corrected chi connectivity index (χ0v) is 34.5. The van der Waals surface area contributed by atoms with Crippen molar-refractivity contribution in [3.63, 3.8) is 0 Å². The maximum atomic E-state index is 15.5. The number of ketones is 1. The van der Waals surface area contributed by atoms with E-state index in [4.69, 9.17) is 9.47 Å². The van der Waals surface area contributed by atoms with Crippen LogP contribution in [0.1, 0.15) is 51.4 Å². The molecule has 0 spiro atoms. The summed E-state index contributed by atoms with van der Waals surface area (Å²) in [5.74, 6) is -1.57. The van der Waals surface area contributed by atoms with Crippen LogP contribution in [0.5, 0.6) is 28.7 Å². The highest BCUT2D eigenvalue weighted by Crippen LogP contribution is 2.45. The number of hydrogen-bond acceptors (Lipinski definition) is 9. The minimum absolute atomic E-state index is 0.0102. The summed E-state index contributed by atoms with van der Waals surface area (Å²) in [5, 5.41) is 62.7. The van der Waals surface area contributed by atoms with Crippen molar-refractivity contribution in [1.82, 2.24) is 10.3 Å². The Morgan fingerprint density at radius 3 is 2.33 bits per heavy atom. The summed E-state index contributed by atoms with van der Waals surface area (Å²) in [6, 6.07) is 27.7. The number of H-pyrrole nitrogens is 1. The third-order valence-corrected chi connectivity index (χ3v) is 12.3. The average molecular weight is 811 g/mol. The molecule has 5 aromatic carbocycles. The van der Waals surface area contributed by atoms with Gasteiger partial charge in [-0.3, -0.25) is 4.79 Å². The summed E-state index contributed by atoms with van der Waals surface area (Å²) in [6.45, 7) is 2.52. The molecule has 7 rings (SSSR count). The summed E-state index contributed by atoms with van der Waals surface area (Å²) < 4.78 is 11.3. The Bertz CT molecular complexity index is 2490. The second kappa shape index (κ2) is 18.0. The van der Waals surface area contributed by atoms with Crippen molar-refractivity contribution >= 4 is 16.6 Å². The van der Waals surface area contributed by atoms with Crippen LogP contribution in [0.25, 0.3) is 10.8 Å². The monoisotopic (exact) mass is 810 g/mol. The number of aromatic amines is 1. The van der Waals surface area contributed by atoms with Gasteiger partial charge in [-0.05, 0) is 125 Å². The van der Waals surface area contributed by atoms with Crippen LogP contribution in [-0.2, 0) is 48.9 Å². The molecule has 1 heterocycles. The van der Waals surface area contributed by atoms with Crippen LogP contribution < -0.4 is 14.8 Å². The lowest BCUT2D eigenvalue weighted by atomic mass is 9.60. The summed E-state index contributed by atoms with van der Waals surface area (Å²) >= 11 is 0. The van der Waals surface area contributed by atoms with E-state index in [1.807, 2.05) is 42.7 Å². The number of hydrogen-bond donors (Lipinski definition) is 7. The van der Waals surface area contributed by atoms with Crippen LogP contribution in [0, 0.1) is 11.8 Å². The number of Topliss-reactive ketones (excluding diaryl/α,β-unsaturated/α-hetero) is 1. The van der Waals surface area contributed by atoms with Gasteiger partial charge in [-0.15, -0.1) is 0 Å². The van der Waals surface area contributed by atoms with Gasteiger partial charge >= 0.3 is 0 Å².